The predicted octanol–water partition coefficient (Wildman–Crippen LogP) is 1.83. The van der Waals surface area contributed by atoms with E-state index in [1.54, 1.807) is 11.2 Å². The minimum absolute atomic E-state index is 0.0554. The number of hydrogen-bond donors (Lipinski definition) is 0. The molecule has 1 amide bonds. The van der Waals surface area contributed by atoms with E-state index >= 15 is 0 Å². The van der Waals surface area contributed by atoms with E-state index in [9.17, 15) is 13.6 Å². The van der Waals surface area contributed by atoms with Gasteiger partial charge in [0.25, 0.3) is 5.91 Å². The maximum absolute atomic E-state index is 12.5. The Kier molecular flexibility index (Phi) is 4.19. The van der Waals surface area contributed by atoms with E-state index in [2.05, 4.69) is 10.00 Å². The SMILES string of the molecule is O=C(c1ccn(C(F)F)n1)N1CCN(Cc2ccco2)CC1. The molecule has 0 N–H and O–H groups in total. The van der Waals surface area contributed by atoms with E-state index in [0.717, 1.165) is 12.0 Å². The van der Waals surface area contributed by atoms with Crippen LogP contribution in [0.5, 0.6) is 0 Å². The van der Waals surface area contributed by atoms with Crippen molar-refractivity contribution in [3.63, 3.8) is 0 Å². The number of carbonyl (C=O) groups is 1. The Hall–Kier alpha value is -2.22. The van der Waals surface area contributed by atoms with Gasteiger partial charge in [-0.3, -0.25) is 9.69 Å². The fraction of sp³-hybridized carbons (Fsp3) is 0.429. The number of carbonyl (C=O) groups excluding carboxylic acids is 1. The largest absolute Gasteiger partial charge is 0.468 e. The second-order valence-corrected chi connectivity index (χ2v) is 5.11. The van der Waals surface area contributed by atoms with E-state index in [-0.39, 0.29) is 11.6 Å². The average Bonchev–Trinajstić information content (AvgIpc) is 3.18. The van der Waals surface area contributed by atoms with Gasteiger partial charge in [-0.15, -0.1) is 0 Å². The molecule has 8 heteroatoms. The Bertz CT molecular complexity index is 619. The first-order chi connectivity index (χ1) is 10.6. The van der Waals surface area contributed by atoms with Crippen LogP contribution in [-0.4, -0.2) is 51.7 Å². The van der Waals surface area contributed by atoms with Gasteiger partial charge in [-0.05, 0) is 18.2 Å². The third-order valence-corrected chi connectivity index (χ3v) is 3.65. The third-order valence-electron chi connectivity index (χ3n) is 3.65. The van der Waals surface area contributed by atoms with Crippen molar-refractivity contribution in [2.45, 2.75) is 13.1 Å². The number of nitrogens with zero attached hydrogens (tertiary/aromatic N) is 4. The van der Waals surface area contributed by atoms with Crippen LogP contribution in [0.3, 0.4) is 0 Å². The molecule has 0 radical (unpaired) electrons. The maximum atomic E-state index is 12.5. The molecule has 1 saturated heterocycles. The Balaban J connectivity index is 1.55. The van der Waals surface area contributed by atoms with Crippen LogP contribution in [-0.2, 0) is 6.54 Å². The number of piperazine rings is 1. The van der Waals surface area contributed by atoms with Crippen molar-refractivity contribution in [2.24, 2.45) is 0 Å². The van der Waals surface area contributed by atoms with Crippen LogP contribution >= 0.6 is 0 Å². The van der Waals surface area contributed by atoms with E-state index in [0.29, 0.717) is 37.4 Å². The molecule has 0 atom stereocenters. The lowest BCUT2D eigenvalue weighted by Gasteiger charge is -2.33. The minimum atomic E-state index is -2.73. The normalized spacial score (nSPS) is 16.4. The van der Waals surface area contributed by atoms with Crippen molar-refractivity contribution in [1.29, 1.82) is 0 Å². The molecule has 6 nitrogen and oxygen atoms in total. The maximum Gasteiger partial charge on any atom is 0.333 e. The van der Waals surface area contributed by atoms with Crippen LogP contribution in [0.4, 0.5) is 8.78 Å². The molecule has 0 unspecified atom stereocenters. The zero-order valence-corrected chi connectivity index (χ0v) is 11.9. The second kappa shape index (κ2) is 6.27. The van der Waals surface area contributed by atoms with Crippen molar-refractivity contribution in [1.82, 2.24) is 19.6 Å². The van der Waals surface area contributed by atoms with Crippen LogP contribution in [0, 0.1) is 0 Å². The molecule has 3 rings (SSSR count). The summed E-state index contributed by atoms with van der Waals surface area (Å²) in [4.78, 5) is 16.0. The summed E-state index contributed by atoms with van der Waals surface area (Å²) in [6.45, 7) is 0.480. The van der Waals surface area contributed by atoms with Gasteiger partial charge < -0.3 is 9.32 Å². The fourth-order valence-corrected chi connectivity index (χ4v) is 2.45. The van der Waals surface area contributed by atoms with Crippen LogP contribution in [0.25, 0.3) is 0 Å². The first kappa shape index (κ1) is 14.7. The first-order valence-electron chi connectivity index (χ1n) is 7.01. The Morgan fingerprint density at radius 3 is 2.64 bits per heavy atom. The molecule has 3 heterocycles. The number of halogens is 2. The summed E-state index contributed by atoms with van der Waals surface area (Å²) in [6.07, 6.45) is 2.75. The smallest absolute Gasteiger partial charge is 0.333 e. The number of hydrogen-bond acceptors (Lipinski definition) is 4. The second-order valence-electron chi connectivity index (χ2n) is 5.11. The van der Waals surface area contributed by atoms with Gasteiger partial charge in [0.05, 0.1) is 12.8 Å². The molecule has 1 aliphatic rings. The molecule has 2 aromatic heterocycles. The number of alkyl halides is 2. The lowest BCUT2D eigenvalue weighted by molar-refractivity contribution is 0.0532. The van der Waals surface area contributed by atoms with Gasteiger partial charge in [0.2, 0.25) is 0 Å². The molecule has 2 aromatic rings. The Morgan fingerprint density at radius 1 is 1.27 bits per heavy atom. The molecule has 0 saturated carbocycles. The molecule has 0 aromatic carbocycles. The van der Waals surface area contributed by atoms with Gasteiger partial charge in [-0.25, -0.2) is 4.68 Å². The van der Waals surface area contributed by atoms with Crippen LogP contribution in [0.2, 0.25) is 0 Å². The molecule has 0 bridgehead atoms. The van der Waals surface area contributed by atoms with Crippen molar-refractivity contribution in [3.8, 4) is 0 Å². The van der Waals surface area contributed by atoms with E-state index in [1.807, 2.05) is 12.1 Å². The highest BCUT2D eigenvalue weighted by Gasteiger charge is 2.24. The van der Waals surface area contributed by atoms with E-state index in [1.165, 1.54) is 6.07 Å². The van der Waals surface area contributed by atoms with Gasteiger partial charge >= 0.3 is 6.55 Å². The standard InChI is InChI=1S/C14H16F2N4O2/c15-14(16)20-4-3-12(17-20)13(21)19-7-5-18(6-8-19)10-11-2-1-9-22-11/h1-4,9,14H,5-8,10H2. The molecule has 0 aliphatic carbocycles. The lowest BCUT2D eigenvalue weighted by atomic mass is 10.2. The fourth-order valence-electron chi connectivity index (χ4n) is 2.45. The first-order valence-corrected chi connectivity index (χ1v) is 7.01. The van der Waals surface area contributed by atoms with Gasteiger partial charge in [-0.2, -0.15) is 13.9 Å². The highest BCUT2D eigenvalue weighted by Crippen LogP contribution is 2.13. The van der Waals surface area contributed by atoms with Crippen molar-refractivity contribution in [2.75, 3.05) is 26.2 Å². The quantitative estimate of drug-likeness (QED) is 0.864. The summed E-state index contributed by atoms with van der Waals surface area (Å²) in [6, 6.07) is 5.08. The highest BCUT2D eigenvalue weighted by molar-refractivity contribution is 5.92. The summed E-state index contributed by atoms with van der Waals surface area (Å²) in [5.74, 6) is 0.576. The minimum Gasteiger partial charge on any atom is -0.468 e. The Morgan fingerprint density at radius 2 is 2.05 bits per heavy atom. The Labute approximate surface area is 125 Å². The van der Waals surface area contributed by atoms with Gasteiger partial charge in [0.15, 0.2) is 5.69 Å². The molecule has 1 aliphatic heterocycles. The lowest BCUT2D eigenvalue weighted by Crippen LogP contribution is -2.48. The third kappa shape index (κ3) is 3.16. The molecule has 1 fully saturated rings. The average molecular weight is 310 g/mol. The predicted molar refractivity (Wildman–Crippen MR) is 73.4 cm³/mol. The summed E-state index contributed by atoms with van der Waals surface area (Å²) in [5.41, 5.74) is 0.0554. The van der Waals surface area contributed by atoms with E-state index < -0.39 is 6.55 Å². The highest BCUT2D eigenvalue weighted by atomic mass is 19.3. The topological polar surface area (TPSA) is 54.5 Å². The van der Waals surface area contributed by atoms with Gasteiger partial charge in [0, 0.05) is 32.4 Å². The molecular formula is C14H16F2N4O2. The zero-order chi connectivity index (χ0) is 15.5. The summed E-state index contributed by atoms with van der Waals surface area (Å²) in [7, 11) is 0. The molecular weight excluding hydrogens is 294 g/mol. The number of furan rings is 1. The number of amides is 1. The number of rotatable bonds is 4. The van der Waals surface area contributed by atoms with Crippen LogP contribution in [0.1, 0.15) is 22.8 Å². The van der Waals surface area contributed by atoms with Crippen molar-refractivity contribution < 1.29 is 18.0 Å². The number of aromatic nitrogens is 2. The van der Waals surface area contributed by atoms with E-state index in [4.69, 9.17) is 4.42 Å². The summed E-state index contributed by atoms with van der Waals surface area (Å²) >= 11 is 0. The van der Waals surface area contributed by atoms with Gasteiger partial charge in [0.1, 0.15) is 5.76 Å². The molecule has 22 heavy (non-hydrogen) atoms. The summed E-state index contributed by atoms with van der Waals surface area (Å²) in [5, 5.41) is 3.61. The van der Waals surface area contributed by atoms with Gasteiger partial charge in [-0.1, -0.05) is 0 Å². The van der Waals surface area contributed by atoms with Crippen LogP contribution in [0.15, 0.2) is 35.1 Å². The summed E-state index contributed by atoms with van der Waals surface area (Å²) < 4.78 is 30.7. The molecule has 118 valence electrons. The monoisotopic (exact) mass is 310 g/mol. The van der Waals surface area contributed by atoms with Crippen molar-refractivity contribution in [3.05, 3.63) is 42.1 Å². The molecule has 0 spiro atoms. The zero-order valence-electron chi connectivity index (χ0n) is 11.9. The van der Waals surface area contributed by atoms with Crippen LogP contribution < -0.4 is 0 Å². The van der Waals surface area contributed by atoms with Crippen molar-refractivity contribution >= 4 is 5.91 Å².